The minimum atomic E-state index is -3.74. The molecule has 1 amide bonds. The molecule has 104 valence electrons. The first-order valence-corrected chi connectivity index (χ1v) is 7.34. The molecule has 1 aliphatic rings. The molecule has 1 fully saturated rings. The van der Waals surface area contributed by atoms with Gasteiger partial charge >= 0.3 is 0 Å². The van der Waals surface area contributed by atoms with E-state index in [2.05, 4.69) is 15.6 Å². The molecule has 2 N–H and O–H groups in total. The third kappa shape index (κ3) is 2.41. The third-order valence-corrected chi connectivity index (χ3v) is 5.08. The Hall–Kier alpha value is -1.67. The van der Waals surface area contributed by atoms with Crippen LogP contribution in [-0.4, -0.2) is 49.8 Å². The first kappa shape index (κ1) is 13.8. The van der Waals surface area contributed by atoms with Crippen LogP contribution in [0.2, 0.25) is 0 Å². The van der Waals surface area contributed by atoms with Gasteiger partial charge in [0.05, 0.1) is 5.69 Å². The highest BCUT2D eigenvalue weighted by Gasteiger charge is 2.36. The van der Waals surface area contributed by atoms with Crippen LogP contribution in [0.25, 0.3) is 0 Å². The minimum Gasteiger partial charge on any atom is -0.387 e. The van der Waals surface area contributed by atoms with Gasteiger partial charge < -0.3 is 10.6 Å². The summed E-state index contributed by atoms with van der Waals surface area (Å²) in [5.74, 6) is -0.287. The Labute approximate surface area is 112 Å². The number of anilines is 1. The number of amides is 1. The zero-order chi connectivity index (χ0) is 14.0. The molecule has 1 aromatic rings. The van der Waals surface area contributed by atoms with Crippen LogP contribution in [0.4, 0.5) is 5.69 Å². The smallest absolute Gasteiger partial charge is 0.247 e. The van der Waals surface area contributed by atoms with E-state index in [1.165, 1.54) is 16.7 Å². The van der Waals surface area contributed by atoms with E-state index in [-0.39, 0.29) is 17.3 Å². The zero-order valence-electron chi connectivity index (χ0n) is 10.8. The fraction of sp³-hybridized carbons (Fsp3) is 0.455. The summed E-state index contributed by atoms with van der Waals surface area (Å²) in [6.45, 7) is 2.15. The zero-order valence-corrected chi connectivity index (χ0v) is 11.6. The van der Waals surface area contributed by atoms with Crippen LogP contribution in [-0.2, 0) is 14.8 Å². The molecule has 1 saturated heterocycles. The molecular weight excluding hydrogens is 268 g/mol. The van der Waals surface area contributed by atoms with Crippen molar-refractivity contribution in [3.63, 3.8) is 0 Å². The summed E-state index contributed by atoms with van der Waals surface area (Å²) in [7, 11) is -2.10. The van der Waals surface area contributed by atoms with Crippen LogP contribution >= 0.6 is 0 Å². The summed E-state index contributed by atoms with van der Waals surface area (Å²) in [5.41, 5.74) is 0.466. The number of hydrogen-bond acceptors (Lipinski definition) is 5. The van der Waals surface area contributed by atoms with Gasteiger partial charge in [0.15, 0.2) is 0 Å². The predicted octanol–water partition coefficient (Wildman–Crippen LogP) is -0.368. The quantitative estimate of drug-likeness (QED) is 0.790. The van der Waals surface area contributed by atoms with Crippen LogP contribution in [0.1, 0.15) is 6.92 Å². The summed E-state index contributed by atoms with van der Waals surface area (Å²) in [6, 6.07) is 0.866. The lowest BCUT2D eigenvalue weighted by Crippen LogP contribution is -2.55. The summed E-state index contributed by atoms with van der Waals surface area (Å²) >= 11 is 0. The molecule has 2 heterocycles. The lowest BCUT2D eigenvalue weighted by atomic mass is 10.2. The molecule has 19 heavy (non-hydrogen) atoms. The first-order valence-electron chi connectivity index (χ1n) is 5.90. The van der Waals surface area contributed by atoms with Crippen LogP contribution in [0, 0.1) is 0 Å². The molecule has 0 radical (unpaired) electrons. The van der Waals surface area contributed by atoms with Crippen molar-refractivity contribution >= 4 is 21.6 Å². The van der Waals surface area contributed by atoms with Gasteiger partial charge in [-0.1, -0.05) is 0 Å². The largest absolute Gasteiger partial charge is 0.387 e. The van der Waals surface area contributed by atoms with Gasteiger partial charge in [0.25, 0.3) is 0 Å². The average molecular weight is 284 g/mol. The topological polar surface area (TPSA) is 91.4 Å². The van der Waals surface area contributed by atoms with E-state index in [1.54, 1.807) is 20.0 Å². The number of sulfonamides is 1. The Morgan fingerprint density at radius 2 is 2.26 bits per heavy atom. The van der Waals surface area contributed by atoms with Gasteiger partial charge in [-0.05, 0) is 13.0 Å². The van der Waals surface area contributed by atoms with Crippen molar-refractivity contribution < 1.29 is 13.2 Å². The summed E-state index contributed by atoms with van der Waals surface area (Å²) in [6.07, 6.45) is 2.80. The maximum absolute atomic E-state index is 12.6. The highest BCUT2D eigenvalue weighted by Crippen LogP contribution is 2.25. The van der Waals surface area contributed by atoms with Gasteiger partial charge in [0.2, 0.25) is 15.9 Å². The van der Waals surface area contributed by atoms with Gasteiger partial charge in [-0.25, -0.2) is 8.42 Å². The van der Waals surface area contributed by atoms with Gasteiger partial charge in [-0.2, -0.15) is 4.31 Å². The van der Waals surface area contributed by atoms with Crippen molar-refractivity contribution in [2.75, 3.05) is 25.5 Å². The van der Waals surface area contributed by atoms with Crippen LogP contribution in [0.3, 0.4) is 0 Å². The fourth-order valence-electron chi connectivity index (χ4n) is 2.01. The Morgan fingerprint density at radius 1 is 1.53 bits per heavy atom. The Balaban J connectivity index is 2.44. The minimum absolute atomic E-state index is 0.0825. The average Bonchev–Trinajstić information content (AvgIpc) is 2.41. The molecule has 8 heteroatoms. The molecule has 1 atom stereocenters. The standard InChI is InChI=1S/C11H16N4O3S/c1-8-11(16)14-5-6-15(8)19(17,18)10-7-13-4-3-9(10)12-2/h3-4,7-8H,5-6H2,1-2H3,(H,12,13)(H,14,16). The second kappa shape index (κ2) is 5.14. The number of hydrogen-bond donors (Lipinski definition) is 2. The normalized spacial score (nSPS) is 20.9. The van der Waals surface area contributed by atoms with Crippen LogP contribution in [0.5, 0.6) is 0 Å². The Bertz CT molecular complexity index is 587. The molecule has 0 aromatic carbocycles. The number of aromatic nitrogens is 1. The van der Waals surface area contributed by atoms with E-state index in [0.717, 1.165) is 0 Å². The molecule has 0 aliphatic carbocycles. The highest BCUT2D eigenvalue weighted by atomic mass is 32.2. The maximum atomic E-state index is 12.6. The van der Waals surface area contributed by atoms with Crippen molar-refractivity contribution in [3.05, 3.63) is 18.5 Å². The van der Waals surface area contributed by atoms with Gasteiger partial charge in [-0.3, -0.25) is 9.78 Å². The number of carbonyl (C=O) groups excluding carboxylic acids is 1. The molecule has 2 rings (SSSR count). The Kier molecular flexibility index (Phi) is 3.72. The summed E-state index contributed by atoms with van der Waals surface area (Å²) in [4.78, 5) is 15.5. The lowest BCUT2D eigenvalue weighted by Gasteiger charge is -2.32. The number of carbonyl (C=O) groups is 1. The monoisotopic (exact) mass is 284 g/mol. The number of rotatable bonds is 3. The molecular formula is C11H16N4O3S. The van der Waals surface area contributed by atoms with E-state index in [4.69, 9.17) is 0 Å². The number of nitrogens with one attached hydrogen (secondary N) is 2. The van der Waals surface area contributed by atoms with E-state index in [1.807, 2.05) is 0 Å². The maximum Gasteiger partial charge on any atom is 0.247 e. The van der Waals surface area contributed by atoms with E-state index in [0.29, 0.717) is 12.2 Å². The SMILES string of the molecule is CNc1ccncc1S(=O)(=O)N1CCNC(=O)C1C. The van der Waals surface area contributed by atoms with Crippen molar-refractivity contribution in [2.24, 2.45) is 0 Å². The molecule has 1 aromatic heterocycles. The lowest BCUT2D eigenvalue weighted by molar-refractivity contribution is -0.126. The first-order chi connectivity index (χ1) is 8.98. The van der Waals surface area contributed by atoms with Crippen molar-refractivity contribution in [1.82, 2.24) is 14.6 Å². The summed E-state index contributed by atoms with van der Waals surface area (Å²) in [5, 5.41) is 5.46. The van der Waals surface area contributed by atoms with E-state index < -0.39 is 16.1 Å². The molecule has 1 unspecified atom stereocenters. The van der Waals surface area contributed by atoms with Gasteiger partial charge in [0.1, 0.15) is 10.9 Å². The molecule has 0 spiro atoms. The number of pyridine rings is 1. The third-order valence-electron chi connectivity index (χ3n) is 3.08. The van der Waals surface area contributed by atoms with Crippen molar-refractivity contribution in [2.45, 2.75) is 17.9 Å². The molecule has 0 saturated carbocycles. The predicted molar refractivity (Wildman–Crippen MR) is 70.1 cm³/mol. The van der Waals surface area contributed by atoms with E-state index in [9.17, 15) is 13.2 Å². The van der Waals surface area contributed by atoms with Crippen molar-refractivity contribution in [3.8, 4) is 0 Å². The van der Waals surface area contributed by atoms with E-state index >= 15 is 0 Å². The Morgan fingerprint density at radius 3 is 2.95 bits per heavy atom. The number of piperazine rings is 1. The highest BCUT2D eigenvalue weighted by molar-refractivity contribution is 7.89. The molecule has 7 nitrogen and oxygen atoms in total. The molecule has 0 bridgehead atoms. The van der Waals surface area contributed by atoms with Gasteiger partial charge in [-0.15, -0.1) is 0 Å². The van der Waals surface area contributed by atoms with Crippen molar-refractivity contribution in [1.29, 1.82) is 0 Å². The number of nitrogens with zero attached hydrogens (tertiary/aromatic N) is 2. The van der Waals surface area contributed by atoms with Gasteiger partial charge in [0, 0.05) is 32.5 Å². The van der Waals surface area contributed by atoms with Crippen LogP contribution < -0.4 is 10.6 Å². The second-order valence-electron chi connectivity index (χ2n) is 4.20. The fourth-order valence-corrected chi connectivity index (χ4v) is 3.75. The van der Waals surface area contributed by atoms with Crippen LogP contribution in [0.15, 0.2) is 23.4 Å². The summed E-state index contributed by atoms with van der Waals surface area (Å²) < 4.78 is 26.4. The second-order valence-corrected chi connectivity index (χ2v) is 6.06. The molecule has 1 aliphatic heterocycles.